The van der Waals surface area contributed by atoms with Crippen molar-refractivity contribution in [2.75, 3.05) is 18.6 Å². The number of anilines is 1. The number of nitrogens with zero attached hydrogens (tertiary/aromatic N) is 2. The van der Waals surface area contributed by atoms with Crippen LogP contribution in [0.5, 0.6) is 5.75 Å². The van der Waals surface area contributed by atoms with Crippen LogP contribution in [0.25, 0.3) is 0 Å². The smallest absolute Gasteiger partial charge is 0.417 e. The highest BCUT2D eigenvalue weighted by molar-refractivity contribution is 6.33. The number of hydrazine groups is 1. The quantitative estimate of drug-likeness (QED) is 0.229. The number of fused-ring (bicyclic) bond motifs is 4. The topological polar surface area (TPSA) is 138 Å². The average molecular weight is 716 g/mol. The van der Waals surface area contributed by atoms with Crippen LogP contribution in [0.3, 0.4) is 0 Å². The summed E-state index contributed by atoms with van der Waals surface area (Å²) in [7, 11) is 0. The second-order valence-corrected chi connectivity index (χ2v) is 13.2. The molecule has 3 aromatic rings. The van der Waals surface area contributed by atoms with Gasteiger partial charge in [-0.3, -0.25) is 29.9 Å². The third-order valence-corrected chi connectivity index (χ3v) is 10.5. The van der Waals surface area contributed by atoms with Gasteiger partial charge in [-0.25, -0.2) is 4.98 Å². The summed E-state index contributed by atoms with van der Waals surface area (Å²) in [6.07, 6.45) is -2.15. The number of allylic oxidation sites excluding steroid dienone is 2. The number of para-hydroxylation sites is 1. The summed E-state index contributed by atoms with van der Waals surface area (Å²) in [5.41, 5.74) is 1.32. The summed E-state index contributed by atoms with van der Waals surface area (Å²) in [6, 6.07) is 13.9. The molecule has 3 N–H and O–H groups in total. The molecule has 10 nitrogen and oxygen atoms in total. The van der Waals surface area contributed by atoms with E-state index in [2.05, 4.69) is 15.7 Å². The van der Waals surface area contributed by atoms with Gasteiger partial charge in [-0.15, -0.1) is 0 Å². The second kappa shape index (κ2) is 12.1. The molecule has 49 heavy (non-hydrogen) atoms. The molecular weight excluding hydrogens is 688 g/mol. The van der Waals surface area contributed by atoms with E-state index in [0.717, 1.165) is 5.01 Å². The molecule has 1 aromatic heterocycles. The van der Waals surface area contributed by atoms with Gasteiger partial charge in [0, 0.05) is 22.7 Å². The molecule has 254 valence electrons. The van der Waals surface area contributed by atoms with Gasteiger partial charge in [0.15, 0.2) is 5.82 Å². The van der Waals surface area contributed by atoms with Crippen molar-refractivity contribution < 1.29 is 42.2 Å². The van der Waals surface area contributed by atoms with Crippen LogP contribution >= 0.6 is 23.2 Å². The van der Waals surface area contributed by atoms with E-state index in [9.17, 15) is 32.7 Å². The lowest BCUT2D eigenvalue weighted by Gasteiger charge is -2.50. The largest absolute Gasteiger partial charge is 0.491 e. The molecule has 7 rings (SSSR count). The Bertz CT molecular complexity index is 1920. The fourth-order valence-corrected chi connectivity index (χ4v) is 8.38. The number of nitrogens with one attached hydrogen (secondary N) is 2. The predicted octanol–water partition coefficient (Wildman–Crippen LogP) is 5.05. The number of aliphatic hydroxyl groups is 1. The third kappa shape index (κ3) is 5.17. The Balaban J connectivity index is 1.45. The molecule has 2 aliphatic heterocycles. The van der Waals surface area contributed by atoms with Gasteiger partial charge in [0.2, 0.25) is 11.8 Å². The summed E-state index contributed by atoms with van der Waals surface area (Å²) >= 11 is 12.5. The van der Waals surface area contributed by atoms with Crippen LogP contribution < -0.4 is 15.5 Å². The first-order valence-electron chi connectivity index (χ1n) is 15.4. The number of alkyl halides is 3. The van der Waals surface area contributed by atoms with Crippen molar-refractivity contribution in [1.29, 1.82) is 0 Å². The summed E-state index contributed by atoms with van der Waals surface area (Å²) in [5, 5.41) is 12.6. The molecule has 4 aliphatic rings. The molecule has 15 heteroatoms. The number of hydrogen-bond acceptors (Lipinski definition) is 8. The number of rotatable bonds is 7. The lowest BCUT2D eigenvalue weighted by Crippen LogP contribution is -2.53. The van der Waals surface area contributed by atoms with Gasteiger partial charge >= 0.3 is 6.18 Å². The fourth-order valence-electron chi connectivity index (χ4n) is 8.04. The molecule has 0 spiro atoms. The van der Waals surface area contributed by atoms with Crippen molar-refractivity contribution in [1.82, 2.24) is 15.3 Å². The van der Waals surface area contributed by atoms with Crippen LogP contribution in [0.15, 0.2) is 72.4 Å². The highest BCUT2D eigenvalue weighted by Crippen LogP contribution is 2.64. The van der Waals surface area contributed by atoms with Gasteiger partial charge in [0.05, 0.1) is 40.4 Å². The summed E-state index contributed by atoms with van der Waals surface area (Å²) in [5.74, 6) is -6.62. The average Bonchev–Trinajstić information content (AvgIpc) is 3.48. The first-order chi connectivity index (χ1) is 23.4. The Labute approximate surface area is 287 Å². The molecule has 0 radical (unpaired) electrons. The zero-order valence-corrected chi connectivity index (χ0v) is 26.9. The minimum Gasteiger partial charge on any atom is -0.491 e. The van der Waals surface area contributed by atoms with Crippen molar-refractivity contribution in [2.24, 2.45) is 23.7 Å². The number of aliphatic hydroxyl groups excluding tert-OH is 1. The van der Waals surface area contributed by atoms with Crippen LogP contribution in [-0.2, 0) is 30.8 Å². The number of hydrogen-bond donors (Lipinski definition) is 3. The molecule has 2 aromatic carbocycles. The van der Waals surface area contributed by atoms with Crippen molar-refractivity contribution in [3.8, 4) is 5.75 Å². The zero-order valence-electron chi connectivity index (χ0n) is 25.3. The van der Waals surface area contributed by atoms with E-state index in [1.165, 1.54) is 0 Å². The number of amides is 4. The first kappa shape index (κ1) is 33.1. The molecule has 4 amide bonds. The number of benzene rings is 2. The van der Waals surface area contributed by atoms with E-state index in [0.29, 0.717) is 39.7 Å². The van der Waals surface area contributed by atoms with Gasteiger partial charge in [-0.2, -0.15) is 18.2 Å². The van der Waals surface area contributed by atoms with Crippen molar-refractivity contribution in [2.45, 2.75) is 30.4 Å². The third-order valence-electron chi connectivity index (χ3n) is 9.98. The Hall–Kier alpha value is -4.46. The zero-order chi connectivity index (χ0) is 34.8. The van der Waals surface area contributed by atoms with E-state index in [1.54, 1.807) is 48.5 Å². The summed E-state index contributed by atoms with van der Waals surface area (Å²) in [6.45, 7) is -0.388. The standard InChI is InChI=1S/C34H27Cl2F3N4O6/c35-18-7-5-16(6-8-18)33-23(31(47)43(32(33)48)42-28-24(36)13-17(15-40-28)34(37,38)39)14-22-19(9-10-21-26(22)30(46)41-29(21)45)27(33)20-3-1-2-4-25(20)49-12-11-44/h1-9,13,15,21-23,26-27,44H,10-12,14H2,(H,40,42)(H,41,45,46). The maximum atomic E-state index is 15.1. The molecule has 0 bridgehead atoms. The normalized spacial score (nSPS) is 27.7. The molecule has 6 atom stereocenters. The Morgan fingerprint density at radius 2 is 1.78 bits per heavy atom. The molecule has 2 aliphatic carbocycles. The van der Waals surface area contributed by atoms with Crippen LogP contribution in [0.1, 0.15) is 35.4 Å². The number of pyridine rings is 1. The molecule has 3 fully saturated rings. The minimum absolute atomic E-state index is 0.0105. The lowest BCUT2D eigenvalue weighted by atomic mass is 9.49. The van der Waals surface area contributed by atoms with Crippen LogP contribution in [0.4, 0.5) is 19.0 Å². The number of carbonyl (C=O) groups excluding carboxylic acids is 4. The van der Waals surface area contributed by atoms with Crippen LogP contribution in [0, 0.1) is 23.7 Å². The van der Waals surface area contributed by atoms with E-state index < -0.39 is 75.4 Å². The van der Waals surface area contributed by atoms with E-state index in [1.807, 2.05) is 6.08 Å². The number of imide groups is 2. The minimum atomic E-state index is -4.74. The summed E-state index contributed by atoms with van der Waals surface area (Å²) in [4.78, 5) is 59.6. The fraction of sp³-hybridized carbons (Fsp3) is 0.324. The lowest BCUT2D eigenvalue weighted by molar-refractivity contribution is -0.139. The van der Waals surface area contributed by atoms with Gasteiger partial charge in [-0.1, -0.05) is 65.2 Å². The molecule has 6 unspecified atom stereocenters. The van der Waals surface area contributed by atoms with Gasteiger partial charge in [0.1, 0.15) is 12.4 Å². The second-order valence-electron chi connectivity index (χ2n) is 12.4. The van der Waals surface area contributed by atoms with E-state index in [-0.39, 0.29) is 31.9 Å². The van der Waals surface area contributed by atoms with E-state index >= 15 is 4.79 Å². The highest BCUT2D eigenvalue weighted by Gasteiger charge is 2.70. The highest BCUT2D eigenvalue weighted by atomic mass is 35.5. The summed E-state index contributed by atoms with van der Waals surface area (Å²) < 4.78 is 46.1. The SMILES string of the molecule is O=C1NC(=O)C2C1CC=C1C2CC2C(=O)N(Nc3ncc(C(F)(F)F)cc3Cl)C(=O)C2(c2ccc(Cl)cc2)C1c1ccccc1OCCO. The molecule has 1 saturated carbocycles. The van der Waals surface area contributed by atoms with Crippen molar-refractivity contribution >= 4 is 52.6 Å². The maximum absolute atomic E-state index is 15.1. The first-order valence-corrected chi connectivity index (χ1v) is 16.1. The monoisotopic (exact) mass is 714 g/mol. The number of halogens is 5. The Kier molecular flexibility index (Phi) is 8.19. The van der Waals surface area contributed by atoms with Gasteiger partial charge < -0.3 is 9.84 Å². The van der Waals surface area contributed by atoms with Crippen LogP contribution in [0.2, 0.25) is 10.0 Å². The van der Waals surface area contributed by atoms with Crippen LogP contribution in [-0.4, -0.2) is 51.9 Å². The van der Waals surface area contributed by atoms with Gasteiger partial charge in [0.25, 0.3) is 11.8 Å². The Morgan fingerprint density at radius 1 is 1.04 bits per heavy atom. The number of carbonyl (C=O) groups is 4. The molecule has 2 saturated heterocycles. The molecule has 3 heterocycles. The van der Waals surface area contributed by atoms with E-state index in [4.69, 9.17) is 27.9 Å². The number of ether oxygens (including phenoxy) is 1. The van der Waals surface area contributed by atoms with Crippen molar-refractivity contribution in [3.63, 3.8) is 0 Å². The van der Waals surface area contributed by atoms with Gasteiger partial charge in [-0.05, 0) is 48.6 Å². The number of aromatic nitrogens is 1. The predicted molar refractivity (Wildman–Crippen MR) is 169 cm³/mol. The Morgan fingerprint density at radius 3 is 2.47 bits per heavy atom. The molecular formula is C34H27Cl2F3N4O6. The maximum Gasteiger partial charge on any atom is 0.417 e. The van der Waals surface area contributed by atoms with Crippen molar-refractivity contribution in [3.05, 3.63) is 99.2 Å².